The van der Waals surface area contributed by atoms with Crippen molar-refractivity contribution in [2.75, 3.05) is 33.2 Å². The molecular weight excluding hydrogens is 260 g/mol. The maximum atomic E-state index is 12.5. The number of halogens is 1. The number of fused-ring (bicyclic) bond motifs is 1. The normalized spacial score (nSPS) is 19.3. The number of benzene rings is 1. The minimum Gasteiger partial charge on any atom is -0.336 e. The molecule has 1 saturated heterocycles. The molecule has 19 heavy (non-hydrogen) atoms. The fourth-order valence-electron chi connectivity index (χ4n) is 2.66. The molecule has 1 amide bonds. The first-order chi connectivity index (χ1) is 9.13. The van der Waals surface area contributed by atoms with E-state index < -0.39 is 0 Å². The fourth-order valence-corrected chi connectivity index (χ4v) is 2.84. The van der Waals surface area contributed by atoms with E-state index in [1.54, 1.807) is 0 Å². The molecule has 3 rings (SSSR count). The highest BCUT2D eigenvalue weighted by Crippen LogP contribution is 2.28. The Bertz CT molecular complexity index is 545. The molecule has 0 saturated carbocycles. The molecule has 1 heterocycles. The van der Waals surface area contributed by atoms with Gasteiger partial charge in [-0.1, -0.05) is 17.7 Å². The van der Waals surface area contributed by atoms with Gasteiger partial charge in [-0.25, -0.2) is 0 Å². The lowest BCUT2D eigenvalue weighted by atomic mass is 10.1. The van der Waals surface area contributed by atoms with Crippen LogP contribution in [0.3, 0.4) is 0 Å². The van der Waals surface area contributed by atoms with Crippen molar-refractivity contribution in [1.82, 2.24) is 9.80 Å². The third-order valence-electron chi connectivity index (χ3n) is 3.88. The van der Waals surface area contributed by atoms with E-state index in [1.807, 2.05) is 29.2 Å². The Morgan fingerprint density at radius 1 is 1.21 bits per heavy atom. The number of hydrogen-bond acceptors (Lipinski definition) is 2. The van der Waals surface area contributed by atoms with Crippen LogP contribution in [0.25, 0.3) is 6.08 Å². The summed E-state index contributed by atoms with van der Waals surface area (Å²) in [6.45, 7) is 3.56. The van der Waals surface area contributed by atoms with Crippen LogP contribution in [0.2, 0.25) is 5.02 Å². The second-order valence-corrected chi connectivity index (χ2v) is 5.72. The van der Waals surface area contributed by atoms with E-state index in [2.05, 4.69) is 11.9 Å². The molecule has 0 spiro atoms. The second kappa shape index (κ2) is 4.99. The summed E-state index contributed by atoms with van der Waals surface area (Å²) in [7, 11) is 2.09. The maximum absolute atomic E-state index is 12.5. The van der Waals surface area contributed by atoms with Gasteiger partial charge in [0.15, 0.2) is 0 Å². The van der Waals surface area contributed by atoms with E-state index in [-0.39, 0.29) is 5.91 Å². The average Bonchev–Trinajstić information content (AvgIpc) is 2.81. The quantitative estimate of drug-likeness (QED) is 0.784. The molecule has 0 unspecified atom stereocenters. The zero-order valence-electron chi connectivity index (χ0n) is 11.0. The highest BCUT2D eigenvalue weighted by molar-refractivity contribution is 6.30. The van der Waals surface area contributed by atoms with Crippen LogP contribution in [0.4, 0.5) is 0 Å². The summed E-state index contributed by atoms with van der Waals surface area (Å²) in [6.07, 6.45) is 2.72. The lowest BCUT2D eigenvalue weighted by Gasteiger charge is -2.32. The van der Waals surface area contributed by atoms with Crippen molar-refractivity contribution < 1.29 is 4.79 Å². The number of rotatable bonds is 1. The van der Waals surface area contributed by atoms with Gasteiger partial charge in [0.1, 0.15) is 0 Å². The summed E-state index contributed by atoms with van der Waals surface area (Å²) < 4.78 is 0. The lowest BCUT2D eigenvalue weighted by molar-refractivity contribution is -0.128. The predicted molar refractivity (Wildman–Crippen MR) is 77.2 cm³/mol. The number of carbonyl (C=O) groups is 1. The molecule has 0 atom stereocenters. The van der Waals surface area contributed by atoms with Gasteiger partial charge in [-0.05, 0) is 36.4 Å². The molecular formula is C15H17ClN2O. The Kier molecular flexibility index (Phi) is 3.33. The second-order valence-electron chi connectivity index (χ2n) is 5.28. The third-order valence-corrected chi connectivity index (χ3v) is 4.12. The Labute approximate surface area is 118 Å². The molecule has 0 bridgehead atoms. The van der Waals surface area contributed by atoms with Crippen molar-refractivity contribution in [2.24, 2.45) is 0 Å². The fraction of sp³-hybridized carbons (Fsp3) is 0.400. The first-order valence-corrected chi connectivity index (χ1v) is 6.98. The number of amides is 1. The Balaban J connectivity index is 1.74. The van der Waals surface area contributed by atoms with Crippen molar-refractivity contribution >= 4 is 23.6 Å². The summed E-state index contributed by atoms with van der Waals surface area (Å²) in [4.78, 5) is 16.7. The number of piperazine rings is 1. The van der Waals surface area contributed by atoms with Crippen LogP contribution >= 0.6 is 11.6 Å². The number of hydrogen-bond donors (Lipinski definition) is 0. The molecule has 0 radical (unpaired) electrons. The standard InChI is InChI=1S/C15H17ClN2O/c1-17-4-6-18(7-5-17)15(19)13-8-11-2-3-14(16)10-12(11)9-13/h2-3,9-10H,4-8H2,1H3. The third kappa shape index (κ3) is 2.53. The van der Waals surface area contributed by atoms with Crippen molar-refractivity contribution in [3.8, 4) is 0 Å². The predicted octanol–water partition coefficient (Wildman–Crippen LogP) is 2.05. The van der Waals surface area contributed by atoms with E-state index >= 15 is 0 Å². The molecule has 0 N–H and O–H groups in total. The SMILES string of the molecule is CN1CCN(C(=O)C2=Cc3cc(Cl)ccc3C2)CC1. The Morgan fingerprint density at radius 3 is 2.68 bits per heavy atom. The molecule has 1 aliphatic heterocycles. The van der Waals surface area contributed by atoms with E-state index in [0.29, 0.717) is 0 Å². The van der Waals surface area contributed by atoms with E-state index in [0.717, 1.165) is 48.8 Å². The first kappa shape index (κ1) is 12.7. The van der Waals surface area contributed by atoms with Crippen LogP contribution in [0.1, 0.15) is 11.1 Å². The first-order valence-electron chi connectivity index (χ1n) is 6.60. The van der Waals surface area contributed by atoms with E-state index in [9.17, 15) is 4.79 Å². The zero-order chi connectivity index (χ0) is 13.4. The number of nitrogens with zero attached hydrogens (tertiary/aromatic N) is 2. The number of carbonyl (C=O) groups excluding carboxylic acids is 1. The minimum atomic E-state index is 0.181. The van der Waals surface area contributed by atoms with Gasteiger partial charge in [-0.3, -0.25) is 4.79 Å². The zero-order valence-corrected chi connectivity index (χ0v) is 11.8. The summed E-state index contributed by atoms with van der Waals surface area (Å²) >= 11 is 5.99. The average molecular weight is 277 g/mol. The smallest absolute Gasteiger partial charge is 0.250 e. The van der Waals surface area contributed by atoms with E-state index in [1.165, 1.54) is 5.56 Å². The summed E-state index contributed by atoms with van der Waals surface area (Å²) in [5.74, 6) is 0.181. The molecule has 2 aliphatic rings. The molecule has 3 nitrogen and oxygen atoms in total. The van der Waals surface area contributed by atoms with Crippen LogP contribution < -0.4 is 0 Å². The van der Waals surface area contributed by atoms with Gasteiger partial charge < -0.3 is 9.80 Å². The van der Waals surface area contributed by atoms with Crippen molar-refractivity contribution in [1.29, 1.82) is 0 Å². The highest BCUT2D eigenvalue weighted by Gasteiger charge is 2.25. The van der Waals surface area contributed by atoms with E-state index in [4.69, 9.17) is 11.6 Å². The molecule has 1 fully saturated rings. The molecule has 4 heteroatoms. The van der Waals surface area contributed by atoms with Gasteiger partial charge in [0.2, 0.25) is 5.91 Å². The van der Waals surface area contributed by atoms with Crippen LogP contribution in [-0.4, -0.2) is 48.9 Å². The molecule has 1 aromatic carbocycles. The van der Waals surface area contributed by atoms with Crippen LogP contribution in [0.15, 0.2) is 23.8 Å². The van der Waals surface area contributed by atoms with Crippen molar-refractivity contribution in [3.05, 3.63) is 39.9 Å². The Morgan fingerprint density at radius 2 is 1.95 bits per heavy atom. The summed E-state index contributed by atoms with van der Waals surface area (Å²) in [5.41, 5.74) is 3.17. The number of likely N-dealkylation sites (N-methyl/N-ethyl adjacent to an activating group) is 1. The van der Waals surface area contributed by atoms with Gasteiger partial charge >= 0.3 is 0 Å². The van der Waals surface area contributed by atoms with Crippen LogP contribution in [0.5, 0.6) is 0 Å². The summed E-state index contributed by atoms with van der Waals surface area (Å²) in [5, 5.41) is 0.725. The van der Waals surface area contributed by atoms with Gasteiger partial charge in [0.05, 0.1) is 0 Å². The lowest BCUT2D eigenvalue weighted by Crippen LogP contribution is -2.47. The monoisotopic (exact) mass is 276 g/mol. The highest BCUT2D eigenvalue weighted by atomic mass is 35.5. The topological polar surface area (TPSA) is 23.6 Å². The maximum Gasteiger partial charge on any atom is 0.250 e. The van der Waals surface area contributed by atoms with Gasteiger partial charge in [-0.15, -0.1) is 0 Å². The van der Waals surface area contributed by atoms with Gasteiger partial charge in [0, 0.05) is 43.2 Å². The molecule has 1 aliphatic carbocycles. The van der Waals surface area contributed by atoms with Crippen molar-refractivity contribution in [3.63, 3.8) is 0 Å². The molecule has 0 aromatic heterocycles. The molecule has 100 valence electrons. The summed E-state index contributed by atoms with van der Waals surface area (Å²) in [6, 6.07) is 5.83. The van der Waals surface area contributed by atoms with Gasteiger partial charge in [-0.2, -0.15) is 0 Å². The Hall–Kier alpha value is -1.32. The van der Waals surface area contributed by atoms with Crippen LogP contribution in [0, 0.1) is 0 Å². The van der Waals surface area contributed by atoms with Crippen LogP contribution in [-0.2, 0) is 11.2 Å². The largest absolute Gasteiger partial charge is 0.336 e. The molecule has 1 aromatic rings. The van der Waals surface area contributed by atoms with Crippen molar-refractivity contribution in [2.45, 2.75) is 6.42 Å². The minimum absolute atomic E-state index is 0.181. The van der Waals surface area contributed by atoms with Gasteiger partial charge in [0.25, 0.3) is 0 Å².